The molecule has 0 aromatic carbocycles. The van der Waals surface area contributed by atoms with E-state index in [0.29, 0.717) is 52.5 Å². The van der Waals surface area contributed by atoms with Crippen molar-refractivity contribution in [2.45, 2.75) is 118 Å². The van der Waals surface area contributed by atoms with E-state index >= 15 is 0 Å². The smallest absolute Gasteiger partial charge is 0.274 e. The van der Waals surface area contributed by atoms with Crippen LogP contribution in [-0.4, -0.2) is 143 Å². The molecule has 84 heavy (non-hydrogen) atoms. The molecule has 3 aliphatic rings. The van der Waals surface area contributed by atoms with Crippen LogP contribution in [0.1, 0.15) is 161 Å². The van der Waals surface area contributed by atoms with Gasteiger partial charge in [-0.3, -0.25) is 29.3 Å². The summed E-state index contributed by atoms with van der Waals surface area (Å²) in [6.45, 7) is 18.7. The highest BCUT2D eigenvalue weighted by molar-refractivity contribution is 7.19. The van der Waals surface area contributed by atoms with Gasteiger partial charge in [0.2, 0.25) is 17.2 Å². The van der Waals surface area contributed by atoms with Crippen molar-refractivity contribution < 1.29 is 19.5 Å². The lowest BCUT2D eigenvalue weighted by atomic mass is 10.2. The van der Waals surface area contributed by atoms with Crippen molar-refractivity contribution in [2.75, 3.05) is 56.5 Å². The molecule has 12 rings (SSSR count). The SMILES string of the molecule is CCCCO.C[C@H](N)c1ccccn1.Cc1nc2nc(Cl)nc(C(=O)N3CCCC3)c2s1.Cc1nc2nc(N[C@@H](C)c3ccccn3)nc(C(=O)N3CCCC3)c2s1.Cc1nc2nc(N[C@@H](C)c3ccccn3)nc(C(=O)N3CCCC3)c2s1. The van der Waals surface area contributed by atoms with Crippen LogP contribution in [0.25, 0.3) is 31.0 Å². The predicted octanol–water partition coefficient (Wildman–Crippen LogP) is 10.6. The second-order valence-electron chi connectivity index (χ2n) is 20.1. The number of aliphatic hydroxyl groups is 1. The van der Waals surface area contributed by atoms with Gasteiger partial charge in [-0.1, -0.05) is 31.5 Å². The average molecular weight is 1220 g/mol. The number of aliphatic hydroxyl groups excluding tert-OH is 1. The van der Waals surface area contributed by atoms with Gasteiger partial charge in [0.1, 0.15) is 14.1 Å². The van der Waals surface area contributed by atoms with Crippen molar-refractivity contribution in [1.29, 1.82) is 0 Å². The number of hydrogen-bond acceptors (Lipinski definition) is 22. The van der Waals surface area contributed by atoms with Crippen molar-refractivity contribution in [3.05, 3.63) is 128 Å². The number of aryl methyl sites for hydroxylation is 3. The molecule has 22 nitrogen and oxygen atoms in total. The maximum atomic E-state index is 13.0. The Morgan fingerprint density at radius 2 is 0.881 bits per heavy atom. The zero-order valence-corrected chi connectivity index (χ0v) is 51.5. The number of pyridine rings is 3. The summed E-state index contributed by atoms with van der Waals surface area (Å²) in [5.74, 6) is 0.677. The highest BCUT2D eigenvalue weighted by Gasteiger charge is 2.29. The molecule has 3 fully saturated rings. The maximum absolute atomic E-state index is 13.0. The van der Waals surface area contributed by atoms with Crippen LogP contribution >= 0.6 is 45.6 Å². The van der Waals surface area contributed by atoms with Gasteiger partial charge in [-0.15, -0.1) is 34.0 Å². The van der Waals surface area contributed by atoms with Gasteiger partial charge >= 0.3 is 0 Å². The highest BCUT2D eigenvalue weighted by atomic mass is 35.5. The van der Waals surface area contributed by atoms with Gasteiger partial charge in [0.15, 0.2) is 34.0 Å². The number of nitrogens with two attached hydrogens (primary N) is 1. The first-order valence-electron chi connectivity index (χ1n) is 28.2. The van der Waals surface area contributed by atoms with Crippen molar-refractivity contribution >= 4 is 106 Å². The molecule has 3 atom stereocenters. The lowest BCUT2D eigenvalue weighted by Gasteiger charge is -2.17. The van der Waals surface area contributed by atoms with Gasteiger partial charge in [0.25, 0.3) is 17.7 Å². The normalized spacial score (nSPS) is 14.8. The first-order chi connectivity index (χ1) is 40.6. The lowest BCUT2D eigenvalue weighted by molar-refractivity contribution is 0.0781. The minimum atomic E-state index is -0.0804. The Kier molecular flexibility index (Phi) is 22.7. The van der Waals surface area contributed by atoms with E-state index in [1.807, 2.05) is 111 Å². The summed E-state index contributed by atoms with van der Waals surface area (Å²) in [6.07, 6.45) is 13.6. The van der Waals surface area contributed by atoms with Gasteiger partial charge in [-0.05, 0) is 134 Å². The molecule has 0 saturated carbocycles. The van der Waals surface area contributed by atoms with Crippen LogP contribution in [0.5, 0.6) is 0 Å². The zero-order valence-electron chi connectivity index (χ0n) is 48.3. The Morgan fingerprint density at radius 1 is 0.536 bits per heavy atom. The van der Waals surface area contributed by atoms with Gasteiger partial charge in [0, 0.05) is 70.5 Å². The fraction of sp³-hybridized carbons (Fsp3) is 0.431. The number of rotatable bonds is 12. The molecule has 0 unspecified atom stereocenters. The predicted molar refractivity (Wildman–Crippen MR) is 332 cm³/mol. The third-order valence-electron chi connectivity index (χ3n) is 13.5. The third kappa shape index (κ3) is 16.7. The van der Waals surface area contributed by atoms with Crippen molar-refractivity contribution in [1.82, 2.24) is 74.5 Å². The van der Waals surface area contributed by atoms with Crippen LogP contribution < -0.4 is 16.4 Å². The summed E-state index contributed by atoms with van der Waals surface area (Å²) in [6, 6.07) is 17.2. The molecule has 0 aliphatic carbocycles. The van der Waals surface area contributed by atoms with Crippen LogP contribution in [0.4, 0.5) is 11.9 Å². The first-order valence-corrected chi connectivity index (χ1v) is 31.0. The van der Waals surface area contributed by atoms with E-state index in [2.05, 4.69) is 77.4 Å². The molecule has 5 N–H and O–H groups in total. The Labute approximate surface area is 505 Å². The molecule has 9 aromatic heterocycles. The second-order valence-corrected chi connectivity index (χ2v) is 24.1. The van der Waals surface area contributed by atoms with Crippen molar-refractivity contribution in [3.63, 3.8) is 0 Å². The van der Waals surface area contributed by atoms with E-state index in [1.165, 1.54) is 34.0 Å². The monoisotopic (exact) mass is 1210 g/mol. The molecule has 3 aliphatic heterocycles. The molecule has 0 radical (unpaired) electrons. The molecular weight excluding hydrogens is 1140 g/mol. The summed E-state index contributed by atoms with van der Waals surface area (Å²) in [7, 11) is 0. The van der Waals surface area contributed by atoms with Gasteiger partial charge < -0.3 is 36.2 Å². The number of halogens is 1. The Bertz CT molecular complexity index is 3440. The fourth-order valence-electron chi connectivity index (χ4n) is 9.13. The van der Waals surface area contributed by atoms with E-state index in [9.17, 15) is 14.4 Å². The quantitative estimate of drug-likeness (QED) is 0.0827. The second kappa shape index (κ2) is 30.4. The Hall–Kier alpha value is -7.42. The molecular formula is C58H71ClN18O4S3. The van der Waals surface area contributed by atoms with Crippen LogP contribution in [-0.2, 0) is 0 Å². The fourth-order valence-corrected chi connectivity index (χ4v) is 11.8. The van der Waals surface area contributed by atoms with E-state index in [-0.39, 0.29) is 41.1 Å². The molecule has 12 heterocycles. The maximum Gasteiger partial charge on any atom is 0.274 e. The van der Waals surface area contributed by atoms with E-state index in [1.54, 1.807) is 18.6 Å². The highest BCUT2D eigenvalue weighted by Crippen LogP contribution is 2.30. The van der Waals surface area contributed by atoms with Crippen molar-refractivity contribution in [3.8, 4) is 0 Å². The number of carbonyl (C=O) groups is 3. The number of anilines is 2. The topological polar surface area (TPSA) is 286 Å². The van der Waals surface area contributed by atoms with Crippen LogP contribution in [0.3, 0.4) is 0 Å². The summed E-state index contributed by atoms with van der Waals surface area (Å²) in [5.41, 5.74) is 11.2. The number of thiazole rings is 3. The average Bonchev–Trinajstić information content (AvgIpc) is 4.48. The largest absolute Gasteiger partial charge is 0.396 e. The number of fused-ring (bicyclic) bond motifs is 3. The van der Waals surface area contributed by atoms with Gasteiger partial charge in [-0.25, -0.2) is 29.9 Å². The Balaban J connectivity index is 0.000000149. The van der Waals surface area contributed by atoms with Crippen LogP contribution in [0.15, 0.2) is 73.2 Å². The summed E-state index contributed by atoms with van der Waals surface area (Å²) in [5, 5.41) is 17.3. The number of nitrogens with zero attached hydrogens (tertiary/aromatic N) is 15. The molecule has 0 spiro atoms. The molecule has 9 aromatic rings. The molecule has 3 saturated heterocycles. The molecule has 26 heteroatoms. The van der Waals surface area contributed by atoms with E-state index < -0.39 is 0 Å². The number of unbranched alkanes of at least 4 members (excludes halogenated alkanes) is 1. The molecule has 0 bridgehead atoms. The minimum absolute atomic E-state index is 0.0351. The minimum Gasteiger partial charge on any atom is -0.396 e. The summed E-state index contributed by atoms with van der Waals surface area (Å²) < 4.78 is 2.25. The van der Waals surface area contributed by atoms with Gasteiger partial charge in [0.05, 0.1) is 44.2 Å². The summed E-state index contributed by atoms with van der Waals surface area (Å²) in [4.78, 5) is 96.0. The summed E-state index contributed by atoms with van der Waals surface area (Å²) >= 11 is 10.2. The number of aromatic nitrogens is 12. The number of likely N-dealkylation sites (tertiary alicyclic amines) is 3. The first kappa shape index (κ1) is 62.6. The number of carbonyl (C=O) groups excluding carboxylic acids is 3. The van der Waals surface area contributed by atoms with Crippen LogP contribution in [0.2, 0.25) is 5.28 Å². The number of nitrogens with one attached hydrogen (secondary N) is 2. The van der Waals surface area contributed by atoms with Gasteiger partial charge in [-0.2, -0.15) is 15.0 Å². The number of amides is 3. The third-order valence-corrected chi connectivity index (χ3v) is 16.5. The van der Waals surface area contributed by atoms with Crippen molar-refractivity contribution in [2.24, 2.45) is 5.73 Å². The molecule has 442 valence electrons. The van der Waals surface area contributed by atoms with E-state index in [0.717, 1.165) is 137 Å². The van der Waals surface area contributed by atoms with Crippen LogP contribution in [0, 0.1) is 20.8 Å². The Morgan fingerprint density at radius 3 is 1.18 bits per heavy atom. The lowest BCUT2D eigenvalue weighted by Crippen LogP contribution is -2.29. The number of hydrogen-bond donors (Lipinski definition) is 4. The van der Waals surface area contributed by atoms with E-state index in [4.69, 9.17) is 22.4 Å². The molecule has 3 amide bonds. The standard InChI is InChI=1S/2C18H20N6OS.C11H11ClN4OS.C7H10N2.C4H10O/c2*1-11(13-7-3-4-8-19-13)20-18-22-14(17(25)24-9-5-6-10-24)15-16(23-18)21-12(2)26-15;1-6-13-9-8(18-6)7(14-11(12)15-9)10(17)16-4-2-3-5-16;1-6(8)7-4-2-3-5-9-7;1-2-3-4-5/h2*3-4,7-8,11H,5-6,9-10H2,1-2H3,(H,20,22,23);2-5H2,1H3;2-6H,8H2,1H3;5H,2-4H2,1H3/t2*11-;;6-;/m00.0./s1. The zero-order chi connectivity index (χ0) is 59.7.